The van der Waals surface area contributed by atoms with Gasteiger partial charge in [-0.05, 0) is 24.8 Å². The highest BCUT2D eigenvalue weighted by molar-refractivity contribution is 7.89. The van der Waals surface area contributed by atoms with Gasteiger partial charge in [-0.2, -0.15) is 5.26 Å². The first-order valence-electron chi connectivity index (χ1n) is 6.58. The van der Waals surface area contributed by atoms with E-state index in [2.05, 4.69) is 4.72 Å². The number of sulfonamides is 1. The van der Waals surface area contributed by atoms with Crippen molar-refractivity contribution in [3.05, 3.63) is 35.9 Å². The molecular weight excluding hydrogens is 292 g/mol. The van der Waals surface area contributed by atoms with Crippen LogP contribution in [0.4, 0.5) is 0 Å². The number of hydrogen-bond donors (Lipinski definition) is 2. The number of carboxylic acid groups (broad SMARTS) is 1. The summed E-state index contributed by atoms with van der Waals surface area (Å²) in [6.07, 6.45) is 1.20. The van der Waals surface area contributed by atoms with Crippen LogP contribution in [-0.2, 0) is 21.2 Å². The van der Waals surface area contributed by atoms with Crippen molar-refractivity contribution < 1.29 is 18.3 Å². The third-order valence-corrected chi connectivity index (χ3v) is 4.32. The van der Waals surface area contributed by atoms with Crippen LogP contribution >= 0.6 is 0 Å². The van der Waals surface area contributed by atoms with Crippen molar-refractivity contribution in [1.82, 2.24) is 4.72 Å². The van der Waals surface area contributed by atoms with Gasteiger partial charge in [0.25, 0.3) is 0 Å². The van der Waals surface area contributed by atoms with Crippen LogP contribution in [0.3, 0.4) is 0 Å². The number of aliphatic carboxylic acids is 1. The lowest BCUT2D eigenvalue weighted by Crippen LogP contribution is -2.43. The minimum Gasteiger partial charge on any atom is -0.480 e. The molecular formula is C14H18N2O4S. The zero-order valence-corrected chi connectivity index (χ0v) is 12.3. The summed E-state index contributed by atoms with van der Waals surface area (Å²) in [5.41, 5.74) is 0.747. The Morgan fingerprint density at radius 3 is 2.52 bits per heavy atom. The average molecular weight is 310 g/mol. The molecule has 1 rings (SSSR count). The molecule has 0 aliphatic carbocycles. The Morgan fingerprint density at radius 2 is 1.95 bits per heavy atom. The average Bonchev–Trinajstić information content (AvgIpc) is 2.44. The van der Waals surface area contributed by atoms with Gasteiger partial charge in [0.05, 0.1) is 11.8 Å². The Kier molecular flexibility index (Phi) is 6.85. The third kappa shape index (κ3) is 6.88. The fourth-order valence-electron chi connectivity index (χ4n) is 1.80. The van der Waals surface area contributed by atoms with Crippen LogP contribution in [-0.4, -0.2) is 31.3 Å². The van der Waals surface area contributed by atoms with Crippen molar-refractivity contribution in [3.8, 4) is 6.07 Å². The fraction of sp³-hybridized carbons (Fsp3) is 0.429. The van der Waals surface area contributed by atoms with E-state index in [-0.39, 0.29) is 12.2 Å². The van der Waals surface area contributed by atoms with Crippen molar-refractivity contribution in [2.45, 2.75) is 31.7 Å². The number of carbonyl (C=O) groups is 1. The molecule has 0 saturated heterocycles. The molecule has 0 saturated carbocycles. The van der Waals surface area contributed by atoms with E-state index >= 15 is 0 Å². The number of hydrogen-bond acceptors (Lipinski definition) is 4. The third-order valence-electron chi connectivity index (χ3n) is 2.85. The zero-order valence-electron chi connectivity index (χ0n) is 11.5. The van der Waals surface area contributed by atoms with Gasteiger partial charge in [0.15, 0.2) is 0 Å². The highest BCUT2D eigenvalue weighted by Gasteiger charge is 2.23. The van der Waals surface area contributed by atoms with Gasteiger partial charge < -0.3 is 5.11 Å². The molecule has 0 bridgehead atoms. The molecule has 6 nitrogen and oxygen atoms in total. The Morgan fingerprint density at radius 1 is 1.29 bits per heavy atom. The predicted octanol–water partition coefficient (Wildman–Crippen LogP) is 1.30. The Balaban J connectivity index is 2.61. The lowest BCUT2D eigenvalue weighted by Gasteiger charge is -2.14. The van der Waals surface area contributed by atoms with E-state index in [0.29, 0.717) is 19.3 Å². The molecule has 0 aliphatic rings. The van der Waals surface area contributed by atoms with Gasteiger partial charge in [-0.15, -0.1) is 0 Å². The molecule has 7 heteroatoms. The van der Waals surface area contributed by atoms with Crippen LogP contribution < -0.4 is 4.72 Å². The fourth-order valence-corrected chi connectivity index (χ4v) is 3.12. The van der Waals surface area contributed by atoms with Gasteiger partial charge >= 0.3 is 5.97 Å². The standard InChI is InChI=1S/C14H18N2O4S/c15-9-5-2-6-10-21(19,20)16-13(14(17)18)11-12-7-3-1-4-8-12/h1,3-4,7-8,13,16H,2,5-6,10-11H2,(H,17,18)/t13-/m1/s1. The summed E-state index contributed by atoms with van der Waals surface area (Å²) in [5.74, 6) is -1.38. The maximum Gasteiger partial charge on any atom is 0.322 e. The number of nitriles is 1. The van der Waals surface area contributed by atoms with Gasteiger partial charge in [0.2, 0.25) is 10.0 Å². The molecule has 0 heterocycles. The molecule has 0 radical (unpaired) electrons. The van der Waals surface area contributed by atoms with E-state index in [1.54, 1.807) is 30.3 Å². The largest absolute Gasteiger partial charge is 0.480 e. The lowest BCUT2D eigenvalue weighted by molar-refractivity contribution is -0.138. The number of carboxylic acids is 1. The van der Waals surface area contributed by atoms with Crippen molar-refractivity contribution in [3.63, 3.8) is 0 Å². The van der Waals surface area contributed by atoms with Crippen molar-refractivity contribution in [2.24, 2.45) is 0 Å². The molecule has 1 aromatic rings. The normalized spacial score (nSPS) is 12.5. The maximum atomic E-state index is 11.8. The maximum absolute atomic E-state index is 11.8. The van der Waals surface area contributed by atoms with Crippen LogP contribution in [0.5, 0.6) is 0 Å². The molecule has 0 fully saturated rings. The predicted molar refractivity (Wildman–Crippen MR) is 78.0 cm³/mol. The number of benzene rings is 1. The Hall–Kier alpha value is -1.91. The number of nitrogens with zero attached hydrogens (tertiary/aromatic N) is 1. The number of rotatable bonds is 9. The molecule has 0 aliphatic heterocycles. The van der Waals surface area contributed by atoms with Crippen molar-refractivity contribution >= 4 is 16.0 Å². The second-order valence-electron chi connectivity index (χ2n) is 4.63. The van der Waals surface area contributed by atoms with E-state index in [4.69, 9.17) is 10.4 Å². The van der Waals surface area contributed by atoms with Gasteiger partial charge in [-0.25, -0.2) is 13.1 Å². The molecule has 1 atom stereocenters. The first-order valence-corrected chi connectivity index (χ1v) is 8.23. The Labute approximate surface area is 124 Å². The summed E-state index contributed by atoms with van der Waals surface area (Å²) < 4.78 is 25.9. The van der Waals surface area contributed by atoms with E-state index in [1.165, 1.54) is 0 Å². The molecule has 114 valence electrons. The number of nitrogens with one attached hydrogen (secondary N) is 1. The highest BCUT2D eigenvalue weighted by Crippen LogP contribution is 2.06. The number of unbranched alkanes of at least 4 members (excludes halogenated alkanes) is 2. The molecule has 21 heavy (non-hydrogen) atoms. The van der Waals surface area contributed by atoms with Crippen LogP contribution in [0.15, 0.2) is 30.3 Å². The lowest BCUT2D eigenvalue weighted by atomic mass is 10.1. The molecule has 1 aromatic carbocycles. The molecule has 2 N–H and O–H groups in total. The first-order chi connectivity index (χ1) is 9.94. The summed E-state index contributed by atoms with van der Waals surface area (Å²) in [5, 5.41) is 17.5. The Bertz CT molecular complexity index is 593. The highest BCUT2D eigenvalue weighted by atomic mass is 32.2. The second kappa shape index (κ2) is 8.39. The van der Waals surface area contributed by atoms with E-state index in [0.717, 1.165) is 5.56 Å². The van der Waals surface area contributed by atoms with Gasteiger partial charge in [-0.1, -0.05) is 30.3 Å². The van der Waals surface area contributed by atoms with Crippen molar-refractivity contribution in [2.75, 3.05) is 5.75 Å². The van der Waals surface area contributed by atoms with Crippen LogP contribution in [0, 0.1) is 11.3 Å². The second-order valence-corrected chi connectivity index (χ2v) is 6.51. The summed E-state index contributed by atoms with van der Waals surface area (Å²) in [4.78, 5) is 11.2. The van der Waals surface area contributed by atoms with E-state index in [9.17, 15) is 13.2 Å². The van der Waals surface area contributed by atoms with Crippen LogP contribution in [0.25, 0.3) is 0 Å². The van der Waals surface area contributed by atoms with Gasteiger partial charge in [0.1, 0.15) is 6.04 Å². The van der Waals surface area contributed by atoms with E-state index < -0.39 is 22.0 Å². The van der Waals surface area contributed by atoms with Crippen LogP contribution in [0.2, 0.25) is 0 Å². The topological polar surface area (TPSA) is 107 Å². The SMILES string of the molecule is N#CCCCCS(=O)(=O)N[C@H](Cc1ccccc1)C(=O)O. The van der Waals surface area contributed by atoms with Crippen molar-refractivity contribution in [1.29, 1.82) is 5.26 Å². The summed E-state index contributed by atoms with van der Waals surface area (Å²) >= 11 is 0. The molecule has 0 unspecified atom stereocenters. The monoisotopic (exact) mass is 310 g/mol. The smallest absolute Gasteiger partial charge is 0.322 e. The molecule has 0 aromatic heterocycles. The minimum absolute atomic E-state index is 0.0909. The van der Waals surface area contributed by atoms with Crippen LogP contribution in [0.1, 0.15) is 24.8 Å². The first kappa shape index (κ1) is 17.1. The molecule has 0 spiro atoms. The minimum atomic E-state index is -3.67. The quantitative estimate of drug-likeness (QED) is 0.668. The van der Waals surface area contributed by atoms with E-state index in [1.807, 2.05) is 6.07 Å². The summed E-state index contributed by atoms with van der Waals surface area (Å²) in [7, 11) is -3.67. The van der Waals surface area contributed by atoms with Gasteiger partial charge in [0, 0.05) is 6.42 Å². The molecule has 0 amide bonds. The summed E-state index contributed by atoms with van der Waals surface area (Å²) in [6, 6.07) is 9.59. The zero-order chi connectivity index (χ0) is 15.7. The summed E-state index contributed by atoms with van der Waals surface area (Å²) in [6.45, 7) is 0. The van der Waals surface area contributed by atoms with Gasteiger partial charge in [-0.3, -0.25) is 4.79 Å².